The Balaban J connectivity index is 2.13. The van der Waals surface area contributed by atoms with Crippen molar-refractivity contribution in [3.63, 3.8) is 0 Å². The van der Waals surface area contributed by atoms with Gasteiger partial charge in [0.25, 0.3) is 0 Å². The highest BCUT2D eigenvalue weighted by Crippen LogP contribution is 2.09. The zero-order valence-electron chi connectivity index (χ0n) is 11.1. The molecule has 0 aromatic heterocycles. The van der Waals surface area contributed by atoms with Crippen LogP contribution in [0.3, 0.4) is 0 Å². The fourth-order valence-electron chi connectivity index (χ4n) is 1.68. The van der Waals surface area contributed by atoms with Gasteiger partial charge in [-0.25, -0.2) is 4.79 Å². The number of urea groups is 1. The van der Waals surface area contributed by atoms with E-state index in [1.165, 1.54) is 0 Å². The van der Waals surface area contributed by atoms with Crippen molar-refractivity contribution in [3.05, 3.63) is 29.8 Å². The second-order valence-corrected chi connectivity index (χ2v) is 4.45. The number of hydrogen-bond acceptors (Lipinski definition) is 2. The first-order valence-corrected chi connectivity index (χ1v) is 6.41. The molecule has 2 amide bonds. The first-order chi connectivity index (χ1) is 9.08. The highest BCUT2D eigenvalue weighted by atomic mass is 16.4. The van der Waals surface area contributed by atoms with Gasteiger partial charge in [-0.05, 0) is 37.5 Å². The van der Waals surface area contributed by atoms with Gasteiger partial charge in [-0.2, -0.15) is 0 Å². The molecule has 1 aromatic rings. The molecule has 0 aliphatic carbocycles. The monoisotopic (exact) mass is 264 g/mol. The van der Waals surface area contributed by atoms with E-state index < -0.39 is 5.97 Å². The number of carboxylic acid groups (broad SMARTS) is 1. The Morgan fingerprint density at radius 2 is 2.00 bits per heavy atom. The predicted molar refractivity (Wildman–Crippen MR) is 74.3 cm³/mol. The van der Waals surface area contributed by atoms with Crippen LogP contribution in [0, 0.1) is 6.92 Å². The summed E-state index contributed by atoms with van der Waals surface area (Å²) in [5, 5.41) is 14.0. The van der Waals surface area contributed by atoms with Gasteiger partial charge in [0.1, 0.15) is 0 Å². The molecule has 0 saturated carbocycles. The quantitative estimate of drug-likeness (QED) is 0.662. The van der Waals surface area contributed by atoms with E-state index in [9.17, 15) is 9.59 Å². The van der Waals surface area contributed by atoms with Crippen LogP contribution in [-0.4, -0.2) is 23.7 Å². The van der Waals surface area contributed by atoms with Crippen molar-refractivity contribution >= 4 is 17.7 Å². The molecular formula is C14H20N2O3. The molecule has 1 aromatic carbocycles. The van der Waals surface area contributed by atoms with E-state index in [0.29, 0.717) is 13.0 Å². The van der Waals surface area contributed by atoms with E-state index in [0.717, 1.165) is 24.1 Å². The van der Waals surface area contributed by atoms with Gasteiger partial charge in [0, 0.05) is 18.7 Å². The average molecular weight is 264 g/mol. The number of aliphatic carboxylic acids is 1. The van der Waals surface area contributed by atoms with E-state index >= 15 is 0 Å². The molecule has 0 unspecified atom stereocenters. The normalized spacial score (nSPS) is 9.95. The summed E-state index contributed by atoms with van der Waals surface area (Å²) in [7, 11) is 0. The highest BCUT2D eigenvalue weighted by molar-refractivity contribution is 5.89. The van der Waals surface area contributed by atoms with Crippen LogP contribution in [0.2, 0.25) is 0 Å². The van der Waals surface area contributed by atoms with Gasteiger partial charge < -0.3 is 15.7 Å². The molecule has 19 heavy (non-hydrogen) atoms. The van der Waals surface area contributed by atoms with Gasteiger partial charge in [0.05, 0.1) is 0 Å². The highest BCUT2D eigenvalue weighted by Gasteiger charge is 2.01. The van der Waals surface area contributed by atoms with Crippen LogP contribution in [0.25, 0.3) is 0 Å². The number of benzene rings is 1. The minimum atomic E-state index is -0.773. The summed E-state index contributed by atoms with van der Waals surface area (Å²) in [4.78, 5) is 21.8. The van der Waals surface area contributed by atoms with Crippen LogP contribution in [0.15, 0.2) is 24.3 Å². The third kappa shape index (κ3) is 7.08. The predicted octanol–water partition coefficient (Wildman–Crippen LogP) is 2.76. The molecule has 0 radical (unpaired) electrons. The Bertz CT molecular complexity index is 432. The third-order valence-corrected chi connectivity index (χ3v) is 2.63. The summed E-state index contributed by atoms with van der Waals surface area (Å²) in [5.74, 6) is -0.773. The van der Waals surface area contributed by atoms with Crippen LogP contribution >= 0.6 is 0 Å². The van der Waals surface area contributed by atoms with Crippen molar-refractivity contribution in [2.24, 2.45) is 0 Å². The fourth-order valence-corrected chi connectivity index (χ4v) is 1.68. The molecule has 0 spiro atoms. The number of nitrogens with one attached hydrogen (secondary N) is 2. The Labute approximate surface area is 113 Å². The third-order valence-electron chi connectivity index (χ3n) is 2.63. The Kier molecular flexibility index (Phi) is 6.43. The smallest absolute Gasteiger partial charge is 0.319 e. The Morgan fingerprint density at radius 3 is 2.68 bits per heavy atom. The first kappa shape index (κ1) is 15.0. The van der Waals surface area contributed by atoms with E-state index in [1.807, 2.05) is 31.2 Å². The number of anilines is 1. The number of amides is 2. The molecule has 0 fully saturated rings. The zero-order chi connectivity index (χ0) is 14.1. The largest absolute Gasteiger partial charge is 0.481 e. The summed E-state index contributed by atoms with van der Waals surface area (Å²) < 4.78 is 0. The molecule has 0 atom stereocenters. The molecule has 0 aliphatic heterocycles. The van der Waals surface area contributed by atoms with Gasteiger partial charge in [-0.3, -0.25) is 4.79 Å². The summed E-state index contributed by atoms with van der Waals surface area (Å²) in [6, 6.07) is 7.35. The van der Waals surface area contributed by atoms with E-state index in [4.69, 9.17) is 5.11 Å². The lowest BCUT2D eigenvalue weighted by atomic mass is 10.2. The van der Waals surface area contributed by atoms with Crippen LogP contribution < -0.4 is 10.6 Å². The molecule has 0 heterocycles. The van der Waals surface area contributed by atoms with Crippen molar-refractivity contribution in [3.8, 4) is 0 Å². The summed E-state index contributed by atoms with van der Waals surface area (Å²) >= 11 is 0. The zero-order valence-corrected chi connectivity index (χ0v) is 11.1. The lowest BCUT2D eigenvalue weighted by molar-refractivity contribution is -0.137. The van der Waals surface area contributed by atoms with Crippen LogP contribution in [-0.2, 0) is 4.79 Å². The van der Waals surface area contributed by atoms with Crippen molar-refractivity contribution in [1.82, 2.24) is 5.32 Å². The van der Waals surface area contributed by atoms with Gasteiger partial charge >= 0.3 is 12.0 Å². The van der Waals surface area contributed by atoms with Crippen molar-refractivity contribution in [2.75, 3.05) is 11.9 Å². The van der Waals surface area contributed by atoms with Crippen molar-refractivity contribution < 1.29 is 14.7 Å². The number of carbonyl (C=O) groups excluding carboxylic acids is 1. The molecule has 5 nitrogen and oxygen atoms in total. The SMILES string of the molecule is Cc1cccc(NC(=O)NCCCCCC(=O)O)c1. The second kappa shape index (κ2) is 8.13. The van der Waals surface area contributed by atoms with Gasteiger partial charge in [0.2, 0.25) is 0 Å². The Hall–Kier alpha value is -2.04. The van der Waals surface area contributed by atoms with Crippen molar-refractivity contribution in [2.45, 2.75) is 32.6 Å². The molecule has 0 aliphatic rings. The molecule has 104 valence electrons. The molecular weight excluding hydrogens is 244 g/mol. The number of rotatable bonds is 7. The Morgan fingerprint density at radius 1 is 1.21 bits per heavy atom. The van der Waals surface area contributed by atoms with Gasteiger partial charge in [0.15, 0.2) is 0 Å². The lowest BCUT2D eigenvalue weighted by Gasteiger charge is -2.07. The van der Waals surface area contributed by atoms with E-state index in [2.05, 4.69) is 10.6 Å². The van der Waals surface area contributed by atoms with E-state index in [1.54, 1.807) is 0 Å². The average Bonchev–Trinajstić information content (AvgIpc) is 2.33. The first-order valence-electron chi connectivity index (χ1n) is 6.41. The number of aryl methyl sites for hydroxylation is 1. The van der Waals surface area contributed by atoms with Gasteiger partial charge in [-0.1, -0.05) is 18.6 Å². The maximum absolute atomic E-state index is 11.5. The summed E-state index contributed by atoms with van der Waals surface area (Å²) in [6.45, 7) is 2.52. The van der Waals surface area contributed by atoms with Crippen molar-refractivity contribution in [1.29, 1.82) is 0 Å². The topological polar surface area (TPSA) is 78.4 Å². The minimum Gasteiger partial charge on any atom is -0.481 e. The minimum absolute atomic E-state index is 0.190. The second-order valence-electron chi connectivity index (χ2n) is 4.45. The van der Waals surface area contributed by atoms with E-state index in [-0.39, 0.29) is 12.5 Å². The number of carbonyl (C=O) groups is 2. The molecule has 5 heteroatoms. The number of unbranched alkanes of at least 4 members (excludes halogenated alkanes) is 2. The lowest BCUT2D eigenvalue weighted by Crippen LogP contribution is -2.29. The maximum atomic E-state index is 11.5. The fraction of sp³-hybridized carbons (Fsp3) is 0.429. The number of hydrogen-bond donors (Lipinski definition) is 3. The number of carboxylic acids is 1. The van der Waals surface area contributed by atoms with Crippen LogP contribution in [0.1, 0.15) is 31.2 Å². The maximum Gasteiger partial charge on any atom is 0.319 e. The van der Waals surface area contributed by atoms with Crippen LogP contribution in [0.4, 0.5) is 10.5 Å². The standard InChI is InChI=1S/C14H20N2O3/c1-11-6-5-7-12(10-11)16-14(19)15-9-4-2-3-8-13(17)18/h5-7,10H,2-4,8-9H2,1H3,(H,17,18)(H2,15,16,19). The molecule has 3 N–H and O–H groups in total. The summed E-state index contributed by atoms with van der Waals surface area (Å²) in [5.41, 5.74) is 1.86. The van der Waals surface area contributed by atoms with Crippen LogP contribution in [0.5, 0.6) is 0 Å². The van der Waals surface area contributed by atoms with Gasteiger partial charge in [-0.15, -0.1) is 0 Å². The molecule has 1 rings (SSSR count). The molecule has 0 saturated heterocycles. The molecule has 0 bridgehead atoms. The summed E-state index contributed by atoms with van der Waals surface area (Å²) in [6.07, 6.45) is 2.43.